The van der Waals surface area contributed by atoms with E-state index in [1.54, 1.807) is 0 Å². The predicted molar refractivity (Wildman–Crippen MR) is 88.7 cm³/mol. The number of fused-ring (bicyclic) bond motifs is 1. The van der Waals surface area contributed by atoms with Crippen LogP contribution in [-0.4, -0.2) is 29.1 Å². The predicted octanol–water partition coefficient (Wildman–Crippen LogP) is 1.45. The molecule has 0 saturated heterocycles. The summed E-state index contributed by atoms with van der Waals surface area (Å²) in [5.41, 5.74) is -0.263. The maximum Gasteiger partial charge on any atom is 0.271 e. The van der Waals surface area contributed by atoms with Crippen LogP contribution in [-0.2, 0) is 19.9 Å². The standard InChI is InChI=1S/C13H22N2O5S2.ClH/c1-8(2)6-15-11-9-5-10(22(14,18)19)20-12(9)21(16,17)7-13(11,3)4;/h5,8,11,15H,6-7H2,1-4H3,(H2,14,18,19);1H. The number of sulfonamides is 1. The largest absolute Gasteiger partial charge is 0.431 e. The molecule has 0 saturated carbocycles. The number of halogens is 1. The van der Waals surface area contributed by atoms with Gasteiger partial charge in [-0.05, 0) is 17.9 Å². The number of hydrogen-bond donors (Lipinski definition) is 2. The SMILES string of the molecule is CC(C)CNC1c2cc(S(N)(=O)=O)oc2S(=O)(=O)CC1(C)C.Cl. The molecule has 0 radical (unpaired) electrons. The lowest BCUT2D eigenvalue weighted by Crippen LogP contribution is -2.43. The molecule has 1 aromatic rings. The Balaban J connectivity index is 0.00000264. The second-order valence-corrected chi connectivity index (χ2v) is 10.2. The van der Waals surface area contributed by atoms with Crippen molar-refractivity contribution in [3.05, 3.63) is 11.6 Å². The Morgan fingerprint density at radius 2 is 2.00 bits per heavy atom. The van der Waals surface area contributed by atoms with E-state index in [1.165, 1.54) is 6.07 Å². The number of primary sulfonamides is 1. The fourth-order valence-corrected chi connectivity index (χ4v) is 5.32. The van der Waals surface area contributed by atoms with Crippen LogP contribution in [0.2, 0.25) is 0 Å². The highest BCUT2D eigenvalue weighted by atomic mass is 35.5. The first-order valence-electron chi connectivity index (χ1n) is 6.97. The van der Waals surface area contributed by atoms with Gasteiger partial charge in [0.15, 0.2) is 0 Å². The maximum absolute atomic E-state index is 12.4. The van der Waals surface area contributed by atoms with Gasteiger partial charge in [-0.25, -0.2) is 22.0 Å². The number of nitrogens with two attached hydrogens (primary N) is 1. The summed E-state index contributed by atoms with van der Waals surface area (Å²) in [6.07, 6.45) is 0. The number of sulfone groups is 1. The third-order valence-corrected chi connectivity index (χ3v) is 6.42. The summed E-state index contributed by atoms with van der Waals surface area (Å²) >= 11 is 0. The molecule has 1 aromatic heterocycles. The van der Waals surface area contributed by atoms with Crippen molar-refractivity contribution in [2.24, 2.45) is 16.5 Å². The van der Waals surface area contributed by atoms with Crippen molar-refractivity contribution in [2.75, 3.05) is 12.3 Å². The first-order valence-corrected chi connectivity index (χ1v) is 10.2. The fourth-order valence-electron chi connectivity index (χ4n) is 2.75. The molecule has 2 heterocycles. The molecular formula is C13H23ClN2O5S2. The van der Waals surface area contributed by atoms with Gasteiger partial charge in [0.25, 0.3) is 10.0 Å². The molecule has 0 aliphatic carbocycles. The quantitative estimate of drug-likeness (QED) is 0.808. The Kier molecular flexibility index (Phi) is 5.65. The van der Waals surface area contributed by atoms with Crippen LogP contribution < -0.4 is 10.5 Å². The van der Waals surface area contributed by atoms with E-state index >= 15 is 0 Å². The molecule has 134 valence electrons. The Bertz CT molecular complexity index is 781. The average Bonchev–Trinajstić information content (AvgIpc) is 2.71. The lowest BCUT2D eigenvalue weighted by molar-refractivity contribution is 0.242. The van der Waals surface area contributed by atoms with Crippen molar-refractivity contribution < 1.29 is 21.3 Å². The Morgan fingerprint density at radius 3 is 2.48 bits per heavy atom. The van der Waals surface area contributed by atoms with Crippen LogP contribution >= 0.6 is 12.4 Å². The van der Waals surface area contributed by atoms with E-state index in [0.717, 1.165) is 0 Å². The molecule has 1 unspecified atom stereocenters. The lowest BCUT2D eigenvalue weighted by atomic mass is 9.82. The third kappa shape index (κ3) is 4.08. The minimum atomic E-state index is -4.10. The summed E-state index contributed by atoms with van der Waals surface area (Å²) in [6.45, 7) is 8.39. The van der Waals surface area contributed by atoms with E-state index in [2.05, 4.69) is 5.32 Å². The molecule has 0 fully saturated rings. The Hall–Kier alpha value is -0.610. The van der Waals surface area contributed by atoms with Gasteiger partial charge < -0.3 is 9.73 Å². The number of rotatable bonds is 4. The van der Waals surface area contributed by atoms with Gasteiger partial charge in [-0.1, -0.05) is 27.7 Å². The zero-order valence-electron chi connectivity index (χ0n) is 13.5. The van der Waals surface area contributed by atoms with Gasteiger partial charge >= 0.3 is 0 Å². The molecule has 0 bridgehead atoms. The molecule has 10 heteroatoms. The molecule has 0 amide bonds. The topological polar surface area (TPSA) is 119 Å². The first kappa shape index (κ1) is 20.4. The van der Waals surface area contributed by atoms with E-state index in [1.807, 2.05) is 27.7 Å². The highest BCUT2D eigenvalue weighted by molar-refractivity contribution is 7.91. The van der Waals surface area contributed by atoms with Crippen molar-refractivity contribution in [1.82, 2.24) is 5.32 Å². The van der Waals surface area contributed by atoms with Crippen molar-refractivity contribution in [2.45, 2.75) is 43.9 Å². The first-order chi connectivity index (χ1) is 9.84. The van der Waals surface area contributed by atoms with Crippen molar-refractivity contribution in [1.29, 1.82) is 0 Å². The summed E-state index contributed by atoms with van der Waals surface area (Å²) in [6, 6.07) is 0.897. The van der Waals surface area contributed by atoms with Crippen molar-refractivity contribution in [3.8, 4) is 0 Å². The average molecular weight is 387 g/mol. The molecule has 0 aromatic carbocycles. The summed E-state index contributed by atoms with van der Waals surface area (Å²) in [4.78, 5) is 0. The van der Waals surface area contributed by atoms with Crippen molar-refractivity contribution >= 4 is 32.3 Å². The molecule has 1 aliphatic heterocycles. The zero-order valence-corrected chi connectivity index (χ0v) is 15.9. The van der Waals surface area contributed by atoms with Crippen LogP contribution in [0.1, 0.15) is 39.3 Å². The van der Waals surface area contributed by atoms with Crippen LogP contribution in [0.5, 0.6) is 0 Å². The van der Waals surface area contributed by atoms with E-state index in [4.69, 9.17) is 9.56 Å². The molecule has 7 nitrogen and oxygen atoms in total. The Morgan fingerprint density at radius 1 is 1.43 bits per heavy atom. The van der Waals surface area contributed by atoms with Gasteiger partial charge in [0.2, 0.25) is 20.0 Å². The molecular weight excluding hydrogens is 364 g/mol. The number of furan rings is 1. The van der Waals surface area contributed by atoms with Crippen LogP contribution in [0.3, 0.4) is 0 Å². The van der Waals surface area contributed by atoms with Gasteiger partial charge in [0, 0.05) is 17.7 Å². The minimum Gasteiger partial charge on any atom is -0.431 e. The smallest absolute Gasteiger partial charge is 0.271 e. The van der Waals surface area contributed by atoms with E-state index < -0.39 is 30.4 Å². The summed E-state index contributed by atoms with van der Waals surface area (Å²) in [7, 11) is -7.79. The highest BCUT2D eigenvalue weighted by Gasteiger charge is 2.46. The van der Waals surface area contributed by atoms with Gasteiger partial charge in [-0.3, -0.25) is 0 Å². The van der Waals surface area contributed by atoms with E-state index in [0.29, 0.717) is 18.0 Å². The van der Waals surface area contributed by atoms with Gasteiger partial charge in [0.1, 0.15) is 0 Å². The van der Waals surface area contributed by atoms with Crippen LogP contribution in [0.4, 0.5) is 0 Å². The van der Waals surface area contributed by atoms with E-state index in [9.17, 15) is 16.8 Å². The van der Waals surface area contributed by atoms with Crippen LogP contribution in [0.25, 0.3) is 0 Å². The van der Waals surface area contributed by atoms with Gasteiger partial charge in [0.05, 0.1) is 5.75 Å². The summed E-state index contributed by atoms with van der Waals surface area (Å²) < 4.78 is 52.7. The normalized spacial score (nSPS) is 22.4. The molecule has 23 heavy (non-hydrogen) atoms. The minimum absolute atomic E-state index is 0. The zero-order chi connectivity index (χ0) is 16.9. The molecule has 1 aliphatic rings. The van der Waals surface area contributed by atoms with Gasteiger partial charge in [-0.15, -0.1) is 12.4 Å². The van der Waals surface area contributed by atoms with Crippen LogP contribution in [0, 0.1) is 11.3 Å². The molecule has 0 spiro atoms. The summed E-state index contributed by atoms with van der Waals surface area (Å²) in [5, 5.41) is 7.55. The maximum atomic E-state index is 12.4. The van der Waals surface area contributed by atoms with Crippen molar-refractivity contribution in [3.63, 3.8) is 0 Å². The summed E-state index contributed by atoms with van der Waals surface area (Å²) in [5.74, 6) is 0.239. The second kappa shape index (κ2) is 6.36. The van der Waals surface area contributed by atoms with E-state index in [-0.39, 0.29) is 29.3 Å². The molecule has 3 N–H and O–H groups in total. The Labute approximate surface area is 143 Å². The fraction of sp³-hybridized carbons (Fsp3) is 0.692. The second-order valence-electron chi connectivity index (χ2n) is 6.84. The lowest BCUT2D eigenvalue weighted by Gasteiger charge is -2.38. The monoisotopic (exact) mass is 386 g/mol. The molecule has 2 rings (SSSR count). The number of hydrogen-bond acceptors (Lipinski definition) is 6. The molecule has 1 atom stereocenters. The number of nitrogens with one attached hydrogen (secondary N) is 1. The van der Waals surface area contributed by atoms with Gasteiger partial charge in [-0.2, -0.15) is 0 Å². The third-order valence-electron chi connectivity index (χ3n) is 3.65. The highest BCUT2D eigenvalue weighted by Crippen LogP contribution is 2.45. The van der Waals surface area contributed by atoms with Crippen LogP contribution in [0.15, 0.2) is 20.7 Å².